The molecule has 2 unspecified atom stereocenters. The highest BCUT2D eigenvalue weighted by Crippen LogP contribution is 2.46. The number of rotatable bonds is 8. The van der Waals surface area contributed by atoms with Crippen LogP contribution in [-0.2, 0) is 36.8 Å². The number of hydrogen-bond acceptors (Lipinski definition) is 10. The van der Waals surface area contributed by atoms with Crippen LogP contribution in [-0.4, -0.2) is 100 Å². The van der Waals surface area contributed by atoms with Gasteiger partial charge in [0.2, 0.25) is 5.91 Å². The summed E-state index contributed by atoms with van der Waals surface area (Å²) in [6.45, 7) is 15.2. The van der Waals surface area contributed by atoms with Crippen LogP contribution in [0.15, 0.2) is 41.5 Å². The zero-order valence-corrected chi connectivity index (χ0v) is 35.2. The minimum atomic E-state index is -0.799. The molecule has 3 fully saturated rings. The zero-order valence-electron chi connectivity index (χ0n) is 34.4. The summed E-state index contributed by atoms with van der Waals surface area (Å²) in [5.74, 6) is 0.489. The predicted molar refractivity (Wildman–Crippen MR) is 224 cm³/mol. The number of likely N-dealkylation sites (tertiary alicyclic amines) is 1. The minimum absolute atomic E-state index is 0.0921. The molecule has 57 heavy (non-hydrogen) atoms. The number of aromatic nitrogens is 2. The van der Waals surface area contributed by atoms with Crippen molar-refractivity contribution >= 4 is 45.5 Å². The molecule has 3 aromatic rings. The van der Waals surface area contributed by atoms with Gasteiger partial charge in [0.15, 0.2) is 0 Å². The quantitative estimate of drug-likeness (QED) is 0.260. The van der Waals surface area contributed by atoms with Crippen LogP contribution in [0.3, 0.4) is 0 Å². The van der Waals surface area contributed by atoms with E-state index in [4.69, 9.17) is 19.5 Å². The molecule has 1 saturated carbocycles. The lowest BCUT2D eigenvalue weighted by atomic mass is 9.84. The molecule has 1 aliphatic carbocycles. The van der Waals surface area contributed by atoms with Crippen LogP contribution in [0.1, 0.15) is 95.7 Å². The monoisotopic (exact) mass is 797 g/mol. The molecular weight excluding hydrogens is 739 g/mol. The number of benzene rings is 1. The highest BCUT2D eigenvalue weighted by Gasteiger charge is 2.49. The van der Waals surface area contributed by atoms with Gasteiger partial charge in [-0.15, -0.1) is 11.8 Å². The Bertz CT molecular complexity index is 2030. The smallest absolute Gasteiger partial charge is 0.324 e. The van der Waals surface area contributed by atoms with Crippen molar-refractivity contribution in [1.82, 2.24) is 30.2 Å². The van der Waals surface area contributed by atoms with Gasteiger partial charge in [0.1, 0.15) is 12.1 Å². The largest absolute Gasteiger partial charge is 0.464 e. The number of ether oxygens (including phenoxy) is 2. The molecule has 0 radical (unpaired) electrons. The molecular formula is C44H59N7O5S. The van der Waals surface area contributed by atoms with E-state index in [1.54, 1.807) is 18.9 Å². The second kappa shape index (κ2) is 16.5. The molecule has 6 bridgehead atoms. The van der Waals surface area contributed by atoms with E-state index in [1.807, 2.05) is 19.2 Å². The molecule has 2 aromatic heterocycles. The summed E-state index contributed by atoms with van der Waals surface area (Å²) < 4.78 is 14.5. The first kappa shape index (κ1) is 40.0. The standard InChI is InChI=1S/C44H59N7O5S/c1-26-27(2)38(26)41(52)47-34-22-37-46-35(24-57-37)29-13-14-36-31(21-29)32(23-44(4,5)25-56-43(54)33-12-10-18-51(48-33)42(34)53)40(50(36)20-19-49-16-7-8-17-49)30-11-9-15-45-39(30)28(3)55-6/h9,11,13-15,21,26-28,33-35,38,48H,7-8,10,12,16-20,22-25H2,1-6H3,(H,47,52)/t26-,27+,28-,33-,34-,35?,38?/m0/s1. The van der Waals surface area contributed by atoms with Gasteiger partial charge in [0.05, 0.1) is 35.2 Å². The third kappa shape index (κ3) is 8.27. The summed E-state index contributed by atoms with van der Waals surface area (Å²) in [6, 6.07) is 9.40. The normalized spacial score (nSPS) is 28.5. The number of hydrazine groups is 1. The molecule has 6 heterocycles. The summed E-state index contributed by atoms with van der Waals surface area (Å²) in [4.78, 5) is 54.1. The molecule has 2 amide bonds. The maximum absolute atomic E-state index is 14.2. The van der Waals surface area contributed by atoms with E-state index < -0.39 is 17.5 Å². The Hall–Kier alpha value is -3.78. The fraction of sp³-hybridized carbons (Fsp3) is 0.614. The van der Waals surface area contributed by atoms with E-state index in [0.717, 1.165) is 70.4 Å². The Morgan fingerprint density at radius 2 is 1.89 bits per heavy atom. The number of methoxy groups -OCH3 is 1. The number of amides is 2. The van der Waals surface area contributed by atoms with Crippen molar-refractivity contribution in [2.75, 3.05) is 45.6 Å². The lowest BCUT2D eigenvalue weighted by Crippen LogP contribution is -2.60. The summed E-state index contributed by atoms with van der Waals surface area (Å²) in [5.41, 5.74) is 9.29. The number of hydrogen-bond donors (Lipinski definition) is 2. The van der Waals surface area contributed by atoms with Gasteiger partial charge in [-0.05, 0) is 99.3 Å². The van der Waals surface area contributed by atoms with Gasteiger partial charge in [0.25, 0.3) is 5.91 Å². The van der Waals surface area contributed by atoms with Crippen LogP contribution >= 0.6 is 11.8 Å². The Kier molecular flexibility index (Phi) is 11.6. The van der Waals surface area contributed by atoms with Gasteiger partial charge >= 0.3 is 5.97 Å². The topological polar surface area (TPSA) is 130 Å². The van der Waals surface area contributed by atoms with Gasteiger partial charge in [-0.25, -0.2) is 5.43 Å². The number of cyclic esters (lactones) is 1. The van der Waals surface area contributed by atoms with Crippen LogP contribution in [0.4, 0.5) is 0 Å². The van der Waals surface area contributed by atoms with Gasteiger partial charge < -0.3 is 24.3 Å². The van der Waals surface area contributed by atoms with Crippen molar-refractivity contribution in [2.24, 2.45) is 28.2 Å². The van der Waals surface area contributed by atoms with Crippen molar-refractivity contribution in [2.45, 2.75) is 104 Å². The summed E-state index contributed by atoms with van der Waals surface area (Å²) in [6.07, 6.45) is 6.24. The van der Waals surface area contributed by atoms with Gasteiger partial charge in [-0.3, -0.25) is 29.4 Å². The van der Waals surface area contributed by atoms with Gasteiger partial charge in [-0.2, -0.15) is 0 Å². The van der Waals surface area contributed by atoms with E-state index in [9.17, 15) is 14.4 Å². The fourth-order valence-electron chi connectivity index (χ4n) is 9.36. The maximum atomic E-state index is 14.2. The third-order valence-corrected chi connectivity index (χ3v) is 14.2. The maximum Gasteiger partial charge on any atom is 0.324 e. The van der Waals surface area contributed by atoms with Crippen LogP contribution < -0.4 is 10.7 Å². The molecule has 1 aromatic carbocycles. The van der Waals surface area contributed by atoms with Gasteiger partial charge in [0, 0.05) is 72.9 Å². The van der Waals surface area contributed by atoms with E-state index in [2.05, 4.69) is 72.2 Å². The highest BCUT2D eigenvalue weighted by atomic mass is 32.2. The van der Waals surface area contributed by atoms with Crippen LogP contribution in [0, 0.1) is 23.2 Å². The first-order chi connectivity index (χ1) is 27.4. The Morgan fingerprint density at radius 3 is 2.65 bits per heavy atom. The van der Waals surface area contributed by atoms with E-state index in [-0.39, 0.29) is 54.3 Å². The van der Waals surface area contributed by atoms with Crippen molar-refractivity contribution in [3.8, 4) is 11.3 Å². The lowest BCUT2D eigenvalue weighted by Gasteiger charge is -2.35. The number of nitrogens with one attached hydrogen (secondary N) is 2. The first-order valence-electron chi connectivity index (χ1n) is 21.0. The molecule has 0 spiro atoms. The van der Waals surface area contributed by atoms with E-state index >= 15 is 0 Å². The van der Waals surface area contributed by atoms with E-state index in [0.29, 0.717) is 32.2 Å². The second-order valence-corrected chi connectivity index (χ2v) is 18.8. The predicted octanol–water partition coefficient (Wildman–Crippen LogP) is 6.09. The van der Waals surface area contributed by atoms with Crippen molar-refractivity contribution < 1.29 is 23.9 Å². The van der Waals surface area contributed by atoms with Crippen molar-refractivity contribution in [1.29, 1.82) is 0 Å². The molecule has 5 aliphatic rings. The number of carbonyl (C=O) groups excluding carboxylic acids is 3. The fourth-order valence-corrected chi connectivity index (χ4v) is 10.5. The molecule has 12 nitrogen and oxygen atoms in total. The lowest BCUT2D eigenvalue weighted by molar-refractivity contribution is -0.155. The Labute approximate surface area is 340 Å². The number of pyridine rings is 1. The van der Waals surface area contributed by atoms with Crippen LogP contribution in [0.25, 0.3) is 22.2 Å². The molecule has 13 heteroatoms. The Morgan fingerprint density at radius 1 is 1.11 bits per heavy atom. The van der Waals surface area contributed by atoms with Crippen LogP contribution in [0.2, 0.25) is 0 Å². The molecule has 4 aliphatic heterocycles. The van der Waals surface area contributed by atoms with Crippen molar-refractivity contribution in [3.05, 3.63) is 53.3 Å². The summed E-state index contributed by atoms with van der Waals surface area (Å²) in [7, 11) is 1.73. The average Bonchev–Trinajstić information content (AvgIpc) is 3.70. The second-order valence-electron chi connectivity index (χ2n) is 17.7. The highest BCUT2D eigenvalue weighted by molar-refractivity contribution is 8.14. The zero-order chi connectivity index (χ0) is 40.0. The number of thioether (sulfide) groups is 1. The minimum Gasteiger partial charge on any atom is -0.464 e. The summed E-state index contributed by atoms with van der Waals surface area (Å²) in [5, 5.41) is 6.65. The third-order valence-electron chi connectivity index (χ3n) is 13.1. The molecule has 7 atom stereocenters. The SMILES string of the molecule is CO[C@@H](C)c1ncccc1-c1c2c3cc(ccc3n1CCN1CCCC1)C1CSC(=N1)C[C@H](NC(=O)C1[C@@H](C)[C@H]1C)C(=O)N1CCC[C@H](N1)C(=O)OCC(C)(C)C2. The van der Waals surface area contributed by atoms with Gasteiger partial charge in [-0.1, -0.05) is 33.8 Å². The number of esters is 1. The molecule has 8 rings (SSSR count). The number of carbonyl (C=O) groups is 3. The number of aliphatic imine (C=N–C) groups is 1. The molecule has 2 N–H and O–H groups in total. The van der Waals surface area contributed by atoms with Crippen molar-refractivity contribution in [3.63, 3.8) is 0 Å². The average molecular weight is 798 g/mol. The molecule has 2 saturated heterocycles. The molecule has 306 valence electrons. The Balaban J connectivity index is 1.24. The summed E-state index contributed by atoms with van der Waals surface area (Å²) >= 11 is 1.66. The van der Waals surface area contributed by atoms with E-state index in [1.165, 1.54) is 23.4 Å². The van der Waals surface area contributed by atoms with Crippen LogP contribution in [0.5, 0.6) is 0 Å². The first-order valence-corrected chi connectivity index (χ1v) is 22.0. The number of fused-ring (bicyclic) bond motifs is 5. The number of nitrogens with zero attached hydrogens (tertiary/aromatic N) is 5.